The van der Waals surface area contributed by atoms with E-state index >= 15 is 0 Å². The zero-order valence-electron chi connectivity index (χ0n) is 12.3. The van der Waals surface area contributed by atoms with Crippen molar-refractivity contribution in [2.75, 3.05) is 4.90 Å². The number of para-hydroxylation sites is 1. The lowest BCUT2D eigenvalue weighted by atomic mass is 10.0. The summed E-state index contributed by atoms with van der Waals surface area (Å²) in [6.07, 6.45) is 2.47. The van der Waals surface area contributed by atoms with E-state index in [0.717, 1.165) is 18.4 Å². The third-order valence-electron chi connectivity index (χ3n) is 4.95. The lowest BCUT2D eigenvalue weighted by Gasteiger charge is -2.39. The highest BCUT2D eigenvalue weighted by Gasteiger charge is 2.59. The second-order valence-electron chi connectivity index (χ2n) is 6.35. The maximum Gasteiger partial charge on any atom is 0.353 e. The third-order valence-corrected chi connectivity index (χ3v) is 4.95. The highest BCUT2D eigenvalue weighted by atomic mass is 16.4. The Kier molecular flexibility index (Phi) is 2.22. The van der Waals surface area contributed by atoms with Crippen LogP contribution in [-0.2, 0) is 15.3 Å². The summed E-state index contributed by atoms with van der Waals surface area (Å²) in [7, 11) is 0. The summed E-state index contributed by atoms with van der Waals surface area (Å²) in [6.45, 7) is 0. The van der Waals surface area contributed by atoms with Gasteiger partial charge in [-0.15, -0.1) is 0 Å². The number of rotatable bonds is 2. The van der Waals surface area contributed by atoms with Crippen LogP contribution in [0.1, 0.15) is 37.4 Å². The van der Waals surface area contributed by atoms with Crippen molar-refractivity contribution in [3.8, 4) is 11.4 Å². The van der Waals surface area contributed by atoms with Gasteiger partial charge in [-0.3, -0.25) is 9.69 Å². The lowest BCUT2D eigenvalue weighted by molar-refractivity contribution is -0.148. The molecule has 2 aliphatic heterocycles. The second-order valence-corrected chi connectivity index (χ2v) is 6.35. The molecule has 2 aromatic rings. The standard InChI is InChI=1S/C16H14N4O3/c21-12-7-8-16(15(22)23)19(12)11-4-2-1-3-10(11)14-17-13(9-5-6-9)18-20(14)16/h1-4,9H,5-8H2,(H,22,23)/t16-/m1/s1. The van der Waals surface area contributed by atoms with Crippen molar-refractivity contribution < 1.29 is 14.7 Å². The van der Waals surface area contributed by atoms with Gasteiger partial charge in [0.1, 0.15) is 0 Å². The molecule has 2 fully saturated rings. The van der Waals surface area contributed by atoms with E-state index in [1.807, 2.05) is 18.2 Å². The van der Waals surface area contributed by atoms with E-state index in [1.165, 1.54) is 9.58 Å². The Bertz CT molecular complexity index is 870. The first-order valence-corrected chi connectivity index (χ1v) is 7.76. The number of aromatic nitrogens is 3. The number of anilines is 1. The van der Waals surface area contributed by atoms with Crippen molar-refractivity contribution in [3.63, 3.8) is 0 Å². The van der Waals surface area contributed by atoms with E-state index in [9.17, 15) is 14.7 Å². The number of carbonyl (C=O) groups excluding carboxylic acids is 1. The van der Waals surface area contributed by atoms with Gasteiger partial charge in [-0.2, -0.15) is 5.10 Å². The number of amides is 1. The van der Waals surface area contributed by atoms with Crippen molar-refractivity contribution in [1.82, 2.24) is 14.8 Å². The maximum absolute atomic E-state index is 12.4. The fourth-order valence-corrected chi connectivity index (χ4v) is 3.67. The molecule has 7 heteroatoms. The Morgan fingerprint density at radius 3 is 2.83 bits per heavy atom. The van der Waals surface area contributed by atoms with Crippen LogP contribution in [0.5, 0.6) is 0 Å². The van der Waals surface area contributed by atoms with Crippen molar-refractivity contribution in [3.05, 3.63) is 30.1 Å². The minimum atomic E-state index is -1.49. The Hall–Kier alpha value is -2.70. The number of hydrogen-bond acceptors (Lipinski definition) is 4. The lowest BCUT2D eigenvalue weighted by Crippen LogP contribution is -2.56. The molecule has 3 aliphatic rings. The van der Waals surface area contributed by atoms with Gasteiger partial charge in [0.15, 0.2) is 11.6 Å². The molecule has 0 spiro atoms. The minimum absolute atomic E-state index is 0.186. The molecule has 1 saturated carbocycles. The van der Waals surface area contributed by atoms with Crippen molar-refractivity contribution >= 4 is 17.6 Å². The predicted octanol–water partition coefficient (Wildman–Crippen LogP) is 1.70. The summed E-state index contributed by atoms with van der Waals surface area (Å²) in [5.74, 6) is 0.310. The van der Waals surface area contributed by atoms with Crippen LogP contribution < -0.4 is 4.90 Å². The Balaban J connectivity index is 1.86. The van der Waals surface area contributed by atoms with E-state index in [4.69, 9.17) is 0 Å². The topological polar surface area (TPSA) is 88.3 Å². The normalized spacial score (nSPS) is 25.0. The van der Waals surface area contributed by atoms with Gasteiger partial charge in [0.25, 0.3) is 0 Å². The molecule has 23 heavy (non-hydrogen) atoms. The zero-order valence-corrected chi connectivity index (χ0v) is 12.3. The van der Waals surface area contributed by atoms with Crippen LogP contribution in [0.15, 0.2) is 24.3 Å². The molecular formula is C16H14N4O3. The largest absolute Gasteiger partial charge is 0.478 e. The number of carbonyl (C=O) groups is 2. The van der Waals surface area contributed by atoms with Gasteiger partial charge >= 0.3 is 5.97 Å². The van der Waals surface area contributed by atoms with Crippen LogP contribution in [0.3, 0.4) is 0 Å². The van der Waals surface area contributed by atoms with E-state index in [2.05, 4.69) is 10.1 Å². The average Bonchev–Trinajstić information content (AvgIpc) is 3.19. The first kappa shape index (κ1) is 12.8. The number of hydrogen-bond donors (Lipinski definition) is 1. The van der Waals surface area contributed by atoms with E-state index in [1.54, 1.807) is 6.07 Å². The smallest absolute Gasteiger partial charge is 0.353 e. The third kappa shape index (κ3) is 1.44. The van der Waals surface area contributed by atoms with Gasteiger partial charge in [-0.25, -0.2) is 14.5 Å². The van der Waals surface area contributed by atoms with Crippen molar-refractivity contribution in [2.24, 2.45) is 0 Å². The number of fused-ring (bicyclic) bond motifs is 6. The number of carboxylic acid groups (broad SMARTS) is 1. The number of benzene rings is 1. The molecule has 0 radical (unpaired) electrons. The molecule has 0 unspecified atom stereocenters. The molecule has 7 nitrogen and oxygen atoms in total. The average molecular weight is 310 g/mol. The predicted molar refractivity (Wildman–Crippen MR) is 79.8 cm³/mol. The summed E-state index contributed by atoms with van der Waals surface area (Å²) < 4.78 is 1.47. The van der Waals surface area contributed by atoms with E-state index < -0.39 is 11.6 Å². The highest BCUT2D eigenvalue weighted by molar-refractivity contribution is 6.07. The molecule has 1 aromatic heterocycles. The van der Waals surface area contributed by atoms with E-state index in [0.29, 0.717) is 23.3 Å². The molecule has 116 valence electrons. The monoisotopic (exact) mass is 310 g/mol. The first-order valence-electron chi connectivity index (χ1n) is 7.76. The summed E-state index contributed by atoms with van der Waals surface area (Å²) in [5, 5.41) is 14.5. The SMILES string of the molecule is O=C1CC[C@@]2(C(=O)O)N1c1ccccc1-c1nc(C3CC3)nn12. The maximum atomic E-state index is 12.4. The molecule has 5 rings (SSSR count). The summed E-state index contributed by atoms with van der Waals surface area (Å²) in [4.78, 5) is 30.6. The van der Waals surface area contributed by atoms with Gasteiger partial charge < -0.3 is 5.11 Å². The zero-order chi connectivity index (χ0) is 15.8. The van der Waals surface area contributed by atoms with Crippen LogP contribution >= 0.6 is 0 Å². The van der Waals surface area contributed by atoms with Gasteiger partial charge in [-0.1, -0.05) is 12.1 Å². The molecule has 1 amide bonds. The van der Waals surface area contributed by atoms with Crippen molar-refractivity contribution in [2.45, 2.75) is 37.3 Å². The molecule has 1 aliphatic carbocycles. The summed E-state index contributed by atoms with van der Waals surface area (Å²) >= 11 is 0. The van der Waals surface area contributed by atoms with Crippen LogP contribution in [0.25, 0.3) is 11.4 Å². The fraction of sp³-hybridized carbons (Fsp3) is 0.375. The minimum Gasteiger partial charge on any atom is -0.478 e. The highest BCUT2D eigenvalue weighted by Crippen LogP contribution is 2.49. The van der Waals surface area contributed by atoms with Crippen LogP contribution in [0, 0.1) is 0 Å². The van der Waals surface area contributed by atoms with Crippen LogP contribution in [-0.4, -0.2) is 31.7 Å². The quantitative estimate of drug-likeness (QED) is 0.912. The van der Waals surface area contributed by atoms with Crippen LogP contribution in [0.4, 0.5) is 5.69 Å². The van der Waals surface area contributed by atoms with Gasteiger partial charge in [-0.05, 0) is 25.0 Å². The number of aliphatic carboxylic acids is 1. The van der Waals surface area contributed by atoms with E-state index in [-0.39, 0.29) is 18.7 Å². The molecule has 0 bridgehead atoms. The molecule has 1 atom stereocenters. The van der Waals surface area contributed by atoms with Crippen LogP contribution in [0.2, 0.25) is 0 Å². The molecular weight excluding hydrogens is 296 g/mol. The second kappa shape index (κ2) is 3.98. The van der Waals surface area contributed by atoms with Gasteiger partial charge in [0.2, 0.25) is 11.6 Å². The van der Waals surface area contributed by atoms with Crippen molar-refractivity contribution in [1.29, 1.82) is 0 Å². The Labute approximate surface area is 131 Å². The molecule has 1 saturated heterocycles. The molecule has 3 heterocycles. The Morgan fingerprint density at radius 2 is 2.09 bits per heavy atom. The van der Waals surface area contributed by atoms with Gasteiger partial charge in [0, 0.05) is 24.3 Å². The first-order chi connectivity index (χ1) is 11.1. The fourth-order valence-electron chi connectivity index (χ4n) is 3.67. The molecule has 1 aromatic carbocycles. The van der Waals surface area contributed by atoms with Gasteiger partial charge in [0.05, 0.1) is 5.69 Å². The number of carboxylic acids is 1. The Morgan fingerprint density at radius 1 is 1.30 bits per heavy atom. The molecule has 1 N–H and O–H groups in total. The number of nitrogens with zero attached hydrogens (tertiary/aromatic N) is 4. The summed E-state index contributed by atoms with van der Waals surface area (Å²) in [6, 6.07) is 7.32. The summed E-state index contributed by atoms with van der Waals surface area (Å²) in [5.41, 5.74) is -0.111.